The smallest absolute Gasteiger partial charge is 0.333 e. The summed E-state index contributed by atoms with van der Waals surface area (Å²) in [6.45, 7) is 10.0. The van der Waals surface area contributed by atoms with E-state index in [0.29, 0.717) is 6.42 Å². The zero-order valence-electron chi connectivity index (χ0n) is 21.2. The highest BCUT2D eigenvalue weighted by molar-refractivity contribution is 5.86. The number of esters is 3. The van der Waals surface area contributed by atoms with Gasteiger partial charge in [-0.2, -0.15) is 0 Å². The molecule has 0 aliphatic heterocycles. The van der Waals surface area contributed by atoms with E-state index < -0.39 is 36.2 Å². The van der Waals surface area contributed by atoms with Crippen molar-refractivity contribution in [3.05, 3.63) is 37.0 Å². The maximum absolute atomic E-state index is 11.8. The predicted molar refractivity (Wildman–Crippen MR) is 132 cm³/mol. The number of carbonyl (C=O) groups is 3. The lowest BCUT2D eigenvalue weighted by atomic mass is 9.75. The Kier molecular flexibility index (Phi) is 14.9. The van der Waals surface area contributed by atoms with Gasteiger partial charge in [0.1, 0.15) is 31.5 Å². The fourth-order valence-electron chi connectivity index (χ4n) is 4.15. The Hall–Kier alpha value is -2.45. The second kappa shape index (κ2) is 17.1. The molecule has 0 aromatic heterocycles. The number of allylic oxidation sites excluding steroid dienone is 1. The molecule has 8 nitrogen and oxygen atoms in total. The summed E-state index contributed by atoms with van der Waals surface area (Å²) in [4.78, 5) is 34.9. The third-order valence-electron chi connectivity index (χ3n) is 6.02. The average Bonchev–Trinajstić information content (AvgIpc) is 2.83. The molecular formula is C27H42O8. The summed E-state index contributed by atoms with van der Waals surface area (Å²) in [6.07, 6.45) is 9.97. The maximum atomic E-state index is 11.8. The van der Waals surface area contributed by atoms with Crippen LogP contribution in [0.1, 0.15) is 71.6 Å². The fourth-order valence-corrected chi connectivity index (χ4v) is 4.15. The number of rotatable bonds is 17. The summed E-state index contributed by atoms with van der Waals surface area (Å²) in [5, 5.41) is 20.1. The van der Waals surface area contributed by atoms with Crippen molar-refractivity contribution in [2.24, 2.45) is 11.8 Å². The molecule has 0 amide bonds. The van der Waals surface area contributed by atoms with Gasteiger partial charge in [0, 0.05) is 24.0 Å². The monoisotopic (exact) mass is 494 g/mol. The van der Waals surface area contributed by atoms with Crippen molar-refractivity contribution in [2.45, 2.75) is 89.9 Å². The van der Waals surface area contributed by atoms with Crippen molar-refractivity contribution >= 4 is 17.9 Å². The highest BCUT2D eigenvalue weighted by atomic mass is 16.6. The van der Waals surface area contributed by atoms with Gasteiger partial charge in [-0.15, -0.1) is 0 Å². The molecule has 1 rings (SSSR count). The van der Waals surface area contributed by atoms with Gasteiger partial charge in [0.05, 0.1) is 0 Å². The van der Waals surface area contributed by atoms with E-state index in [1.165, 1.54) is 6.92 Å². The molecule has 0 heterocycles. The Labute approximate surface area is 209 Å². The third kappa shape index (κ3) is 12.2. The Morgan fingerprint density at radius 2 is 1.69 bits per heavy atom. The summed E-state index contributed by atoms with van der Waals surface area (Å²) < 4.78 is 15.3. The van der Waals surface area contributed by atoms with Gasteiger partial charge in [-0.3, -0.25) is 4.79 Å². The number of hydrogen-bond donors (Lipinski definition) is 2. The molecule has 1 aliphatic rings. The van der Waals surface area contributed by atoms with Crippen LogP contribution < -0.4 is 0 Å². The van der Waals surface area contributed by atoms with Crippen molar-refractivity contribution in [3.8, 4) is 0 Å². The highest BCUT2D eigenvalue weighted by Gasteiger charge is 2.37. The quantitative estimate of drug-likeness (QED) is 0.103. The second-order valence-electron chi connectivity index (χ2n) is 9.12. The molecule has 2 N–H and O–H groups in total. The zero-order chi connectivity index (χ0) is 26.2. The van der Waals surface area contributed by atoms with Crippen LogP contribution in [0.2, 0.25) is 0 Å². The van der Waals surface area contributed by atoms with E-state index in [-0.39, 0.29) is 37.0 Å². The number of hydrogen-bond acceptors (Lipinski definition) is 8. The van der Waals surface area contributed by atoms with E-state index in [9.17, 15) is 24.6 Å². The summed E-state index contributed by atoms with van der Waals surface area (Å²) >= 11 is 0. The molecule has 0 aromatic rings. The zero-order valence-corrected chi connectivity index (χ0v) is 21.2. The molecule has 198 valence electrons. The van der Waals surface area contributed by atoms with Crippen LogP contribution in [0.5, 0.6) is 0 Å². The Balaban J connectivity index is 2.27. The van der Waals surface area contributed by atoms with Gasteiger partial charge < -0.3 is 24.4 Å². The van der Waals surface area contributed by atoms with Crippen molar-refractivity contribution in [1.82, 2.24) is 0 Å². The van der Waals surface area contributed by atoms with Crippen LogP contribution in [0.15, 0.2) is 37.0 Å². The third-order valence-corrected chi connectivity index (χ3v) is 6.02. The first-order chi connectivity index (χ1) is 16.7. The number of aliphatic hydroxyl groups is 2. The lowest BCUT2D eigenvalue weighted by Crippen LogP contribution is -2.42. The number of unbranched alkanes of at least 4 members (excludes halogenated alkanes) is 4. The first-order valence-corrected chi connectivity index (χ1v) is 12.5. The molecule has 35 heavy (non-hydrogen) atoms. The van der Waals surface area contributed by atoms with Crippen LogP contribution in [0.4, 0.5) is 0 Å². The minimum Gasteiger partial charge on any atom is -0.463 e. The molecule has 0 aromatic carbocycles. The van der Waals surface area contributed by atoms with E-state index >= 15 is 0 Å². The molecule has 1 aliphatic carbocycles. The summed E-state index contributed by atoms with van der Waals surface area (Å²) in [5.74, 6) is -1.18. The minimum absolute atomic E-state index is 0.0647. The van der Waals surface area contributed by atoms with Gasteiger partial charge in [0.15, 0.2) is 0 Å². The topological polar surface area (TPSA) is 119 Å². The van der Waals surface area contributed by atoms with E-state index in [1.54, 1.807) is 6.08 Å². The van der Waals surface area contributed by atoms with Crippen LogP contribution in [-0.2, 0) is 28.6 Å². The fraction of sp³-hybridized carbons (Fsp3) is 0.667. The van der Waals surface area contributed by atoms with Gasteiger partial charge >= 0.3 is 17.9 Å². The van der Waals surface area contributed by atoms with Gasteiger partial charge in [-0.1, -0.05) is 64.3 Å². The molecule has 0 saturated carbocycles. The molecule has 5 atom stereocenters. The molecule has 0 bridgehead atoms. The number of aliphatic hydroxyl groups excluding tert-OH is 2. The van der Waals surface area contributed by atoms with Gasteiger partial charge in [-0.05, 0) is 32.1 Å². The van der Waals surface area contributed by atoms with Gasteiger partial charge in [0.25, 0.3) is 0 Å². The highest BCUT2D eigenvalue weighted by Crippen LogP contribution is 2.35. The molecule has 0 spiro atoms. The van der Waals surface area contributed by atoms with Crippen molar-refractivity contribution in [1.29, 1.82) is 0 Å². The molecule has 0 saturated heterocycles. The standard InChI is InChI=1S/C27H42O8/c1-5-12-20-15-16-23(29)26(35-24(30)6-2)22(20)13-10-8-7-9-11-14-25(31)33-17-21(28)18-34-27(32)19(3)4/h6,15-16,20-23,26,28-29H,2-3,5,7-14,17-18H2,1,4H3. The van der Waals surface area contributed by atoms with Crippen LogP contribution in [0, 0.1) is 11.8 Å². The second-order valence-corrected chi connectivity index (χ2v) is 9.12. The van der Waals surface area contributed by atoms with Crippen molar-refractivity contribution < 1.29 is 38.8 Å². The molecular weight excluding hydrogens is 452 g/mol. The molecule has 8 heteroatoms. The first-order valence-electron chi connectivity index (χ1n) is 12.5. The molecule has 0 radical (unpaired) electrons. The summed E-state index contributed by atoms with van der Waals surface area (Å²) in [7, 11) is 0. The lowest BCUT2D eigenvalue weighted by molar-refractivity contribution is -0.154. The largest absolute Gasteiger partial charge is 0.463 e. The summed E-state index contributed by atoms with van der Waals surface area (Å²) in [6, 6.07) is 0. The van der Waals surface area contributed by atoms with Crippen molar-refractivity contribution in [3.63, 3.8) is 0 Å². The van der Waals surface area contributed by atoms with Crippen LogP contribution in [0.25, 0.3) is 0 Å². The Morgan fingerprint density at radius 1 is 1.03 bits per heavy atom. The SMILES string of the molecule is C=CC(=O)OC1C(O)C=CC(CCC)C1CCCCCCCC(=O)OCC(O)COC(=O)C(=C)C. The normalized spacial score (nSPS) is 22.2. The Morgan fingerprint density at radius 3 is 2.34 bits per heavy atom. The maximum Gasteiger partial charge on any atom is 0.333 e. The average molecular weight is 495 g/mol. The van der Waals surface area contributed by atoms with E-state index in [1.807, 2.05) is 6.08 Å². The first kappa shape index (κ1) is 30.6. The van der Waals surface area contributed by atoms with E-state index in [0.717, 1.165) is 51.0 Å². The van der Waals surface area contributed by atoms with Crippen LogP contribution in [0.3, 0.4) is 0 Å². The number of carbonyl (C=O) groups excluding carboxylic acids is 3. The number of ether oxygens (including phenoxy) is 3. The van der Waals surface area contributed by atoms with E-state index in [4.69, 9.17) is 14.2 Å². The van der Waals surface area contributed by atoms with E-state index in [2.05, 4.69) is 20.1 Å². The van der Waals surface area contributed by atoms with Crippen molar-refractivity contribution in [2.75, 3.05) is 13.2 Å². The van der Waals surface area contributed by atoms with Gasteiger partial charge in [0.2, 0.25) is 0 Å². The minimum atomic E-state index is -1.07. The van der Waals surface area contributed by atoms with Gasteiger partial charge in [-0.25, -0.2) is 9.59 Å². The Bertz CT molecular complexity index is 729. The predicted octanol–water partition coefficient (Wildman–Crippen LogP) is 3.80. The molecule has 0 fully saturated rings. The van der Waals surface area contributed by atoms with Crippen LogP contribution in [-0.4, -0.2) is 59.6 Å². The summed E-state index contributed by atoms with van der Waals surface area (Å²) in [5.41, 5.74) is 0.235. The van der Waals surface area contributed by atoms with Crippen LogP contribution >= 0.6 is 0 Å². The molecule has 5 unspecified atom stereocenters. The lowest BCUT2D eigenvalue weighted by Gasteiger charge is -2.37.